The van der Waals surface area contributed by atoms with Gasteiger partial charge in [0.15, 0.2) is 5.78 Å². The average molecular weight is 492 g/mol. The predicted molar refractivity (Wildman–Crippen MR) is 122 cm³/mol. The Kier molecular flexibility index (Phi) is 9.00. The fraction of sp³-hybridized carbons (Fsp3) is 0.208. The van der Waals surface area contributed by atoms with E-state index >= 15 is 0 Å². The highest BCUT2D eigenvalue weighted by Gasteiger charge is 2.17. The van der Waals surface area contributed by atoms with Gasteiger partial charge >= 0.3 is 0 Å². The van der Waals surface area contributed by atoms with Crippen molar-refractivity contribution in [2.45, 2.75) is 20.4 Å². The molecule has 7 heteroatoms. The van der Waals surface area contributed by atoms with Crippen molar-refractivity contribution in [3.05, 3.63) is 87.4 Å². The van der Waals surface area contributed by atoms with Gasteiger partial charge in [0.2, 0.25) is 0 Å². The second kappa shape index (κ2) is 11.5. The number of halogens is 3. The van der Waals surface area contributed by atoms with Gasteiger partial charge in [0.1, 0.15) is 23.1 Å². The van der Waals surface area contributed by atoms with Crippen LogP contribution in [0.1, 0.15) is 35.3 Å². The molecule has 0 aliphatic rings. The lowest BCUT2D eigenvalue weighted by atomic mass is 10.0. The molecule has 0 aliphatic carbocycles. The molecule has 3 aromatic rings. The highest BCUT2D eigenvalue weighted by atomic mass is 79.9. The van der Waals surface area contributed by atoms with Crippen LogP contribution in [0.3, 0.4) is 0 Å². The summed E-state index contributed by atoms with van der Waals surface area (Å²) in [6.07, 6.45) is 0. The molecule has 0 saturated heterocycles. The fourth-order valence-corrected chi connectivity index (χ4v) is 3.32. The van der Waals surface area contributed by atoms with Crippen LogP contribution in [0.25, 0.3) is 0 Å². The van der Waals surface area contributed by atoms with Gasteiger partial charge in [-0.15, -0.1) is 0 Å². The maximum absolute atomic E-state index is 14.6. The van der Waals surface area contributed by atoms with Crippen molar-refractivity contribution in [3.8, 4) is 11.5 Å². The summed E-state index contributed by atoms with van der Waals surface area (Å²) in [5.74, 6) is -0.159. The zero-order valence-corrected chi connectivity index (χ0v) is 19.3. The molecular weight excluding hydrogens is 468 g/mol. The van der Waals surface area contributed by atoms with Crippen molar-refractivity contribution in [3.63, 3.8) is 0 Å². The summed E-state index contributed by atoms with van der Waals surface area (Å²) >= 11 is 3.32. The molecule has 0 heterocycles. The van der Waals surface area contributed by atoms with Crippen molar-refractivity contribution in [1.29, 1.82) is 0 Å². The van der Waals surface area contributed by atoms with Crippen LogP contribution in [0, 0.1) is 11.6 Å². The molecule has 0 aromatic heterocycles. The Labute approximate surface area is 189 Å². The second-order valence-electron chi connectivity index (χ2n) is 6.18. The van der Waals surface area contributed by atoms with Gasteiger partial charge in [-0.1, -0.05) is 13.8 Å². The number of nitrogens with one attached hydrogen (secondary N) is 1. The van der Waals surface area contributed by atoms with E-state index in [1.54, 1.807) is 26.4 Å². The van der Waals surface area contributed by atoms with E-state index in [2.05, 4.69) is 21.2 Å². The van der Waals surface area contributed by atoms with E-state index in [-0.39, 0.29) is 16.8 Å². The zero-order chi connectivity index (χ0) is 23.0. The Bertz CT molecular complexity index is 1040. The first-order chi connectivity index (χ1) is 14.9. The van der Waals surface area contributed by atoms with Gasteiger partial charge in [-0.05, 0) is 64.5 Å². The molecule has 0 aliphatic heterocycles. The van der Waals surface area contributed by atoms with Crippen molar-refractivity contribution in [2.75, 3.05) is 19.5 Å². The van der Waals surface area contributed by atoms with Gasteiger partial charge in [-0.25, -0.2) is 8.78 Å². The molecule has 4 nitrogen and oxygen atoms in total. The first-order valence-corrected chi connectivity index (χ1v) is 10.5. The summed E-state index contributed by atoms with van der Waals surface area (Å²) in [6.45, 7) is 4.31. The number of ether oxygens (including phenoxy) is 2. The van der Waals surface area contributed by atoms with Gasteiger partial charge in [0.25, 0.3) is 0 Å². The molecule has 0 unspecified atom stereocenters. The van der Waals surface area contributed by atoms with E-state index < -0.39 is 17.4 Å². The summed E-state index contributed by atoms with van der Waals surface area (Å²) < 4.78 is 38.6. The van der Waals surface area contributed by atoms with Crippen LogP contribution in [-0.4, -0.2) is 20.0 Å². The molecule has 164 valence electrons. The minimum absolute atomic E-state index is 0.154. The zero-order valence-electron chi connectivity index (χ0n) is 17.8. The highest BCUT2D eigenvalue weighted by molar-refractivity contribution is 9.10. The summed E-state index contributed by atoms with van der Waals surface area (Å²) in [6, 6.07) is 13.1. The number of anilines is 1. The summed E-state index contributed by atoms with van der Waals surface area (Å²) in [5.41, 5.74) is 1.47. The molecule has 0 atom stereocenters. The number of methoxy groups -OCH3 is 2. The van der Waals surface area contributed by atoms with Crippen molar-refractivity contribution < 1.29 is 23.0 Å². The van der Waals surface area contributed by atoms with Crippen LogP contribution in [0.5, 0.6) is 11.5 Å². The molecule has 0 spiro atoms. The second-order valence-corrected chi connectivity index (χ2v) is 7.03. The summed E-state index contributed by atoms with van der Waals surface area (Å²) in [7, 11) is 3.11. The van der Waals surface area contributed by atoms with E-state index in [0.717, 1.165) is 11.6 Å². The summed E-state index contributed by atoms with van der Waals surface area (Å²) in [5, 5.41) is 3.01. The van der Waals surface area contributed by atoms with E-state index in [0.29, 0.717) is 22.5 Å². The van der Waals surface area contributed by atoms with Crippen LogP contribution in [0.2, 0.25) is 0 Å². The van der Waals surface area contributed by atoms with Gasteiger partial charge in [0, 0.05) is 33.8 Å². The van der Waals surface area contributed by atoms with Crippen LogP contribution in [0.15, 0.2) is 59.1 Å². The molecule has 0 bridgehead atoms. The van der Waals surface area contributed by atoms with Gasteiger partial charge in [0.05, 0.1) is 19.9 Å². The molecule has 0 amide bonds. The Morgan fingerprint density at radius 1 is 0.968 bits per heavy atom. The van der Waals surface area contributed by atoms with Gasteiger partial charge in [-0.3, -0.25) is 4.79 Å². The van der Waals surface area contributed by atoms with E-state index in [9.17, 15) is 13.6 Å². The van der Waals surface area contributed by atoms with Crippen LogP contribution in [0.4, 0.5) is 14.5 Å². The molecule has 1 N–H and O–H groups in total. The Hall–Kier alpha value is -2.93. The predicted octanol–water partition coefficient (Wildman–Crippen LogP) is 6.61. The number of hydrogen-bond donors (Lipinski definition) is 1. The van der Waals surface area contributed by atoms with E-state index in [4.69, 9.17) is 9.47 Å². The lowest BCUT2D eigenvalue weighted by Crippen LogP contribution is -2.07. The van der Waals surface area contributed by atoms with Crippen LogP contribution in [-0.2, 0) is 6.54 Å². The molecule has 0 fully saturated rings. The SMILES string of the molecule is CC.COc1ccc(CNc2cc(Br)c(C(=O)c3ccc(F)cc3)cc2F)c(OC)c1. The standard InChI is InChI=1S/C22H18BrF2NO3.C2H6/c1-28-16-8-5-14(21(9-16)29-2)12-26-20-11-18(23)17(10-19(20)25)22(27)13-3-6-15(24)7-4-13;1-2/h3-11,26H,12H2,1-2H3;1-2H3. The number of carbonyl (C=O) groups is 1. The van der Waals surface area contributed by atoms with Crippen LogP contribution < -0.4 is 14.8 Å². The van der Waals surface area contributed by atoms with Crippen molar-refractivity contribution in [2.24, 2.45) is 0 Å². The minimum atomic E-state index is -0.578. The number of carbonyl (C=O) groups excluding carboxylic acids is 1. The number of ketones is 1. The monoisotopic (exact) mass is 491 g/mol. The average Bonchev–Trinajstić information content (AvgIpc) is 2.80. The molecule has 0 saturated carbocycles. The molecule has 3 aromatic carbocycles. The summed E-state index contributed by atoms with van der Waals surface area (Å²) in [4.78, 5) is 12.6. The van der Waals surface area contributed by atoms with E-state index in [1.165, 1.54) is 30.3 Å². The Balaban J connectivity index is 0.00000166. The maximum Gasteiger partial charge on any atom is 0.194 e. The number of rotatable bonds is 7. The molecule has 3 rings (SSSR count). The fourth-order valence-electron chi connectivity index (χ4n) is 2.80. The lowest BCUT2D eigenvalue weighted by Gasteiger charge is -2.14. The first kappa shape index (κ1) is 24.3. The maximum atomic E-state index is 14.6. The van der Waals surface area contributed by atoms with Gasteiger partial charge < -0.3 is 14.8 Å². The lowest BCUT2D eigenvalue weighted by molar-refractivity contribution is 0.103. The number of hydrogen-bond acceptors (Lipinski definition) is 4. The quantitative estimate of drug-likeness (QED) is 0.377. The minimum Gasteiger partial charge on any atom is -0.497 e. The Morgan fingerprint density at radius 3 is 2.26 bits per heavy atom. The third-order valence-corrected chi connectivity index (χ3v) is 5.03. The van der Waals surface area contributed by atoms with Crippen molar-refractivity contribution in [1.82, 2.24) is 0 Å². The van der Waals surface area contributed by atoms with E-state index in [1.807, 2.05) is 19.9 Å². The third-order valence-electron chi connectivity index (χ3n) is 4.37. The smallest absolute Gasteiger partial charge is 0.194 e. The Morgan fingerprint density at radius 2 is 1.65 bits per heavy atom. The normalized spacial score (nSPS) is 10.0. The third kappa shape index (κ3) is 6.04. The van der Waals surface area contributed by atoms with Crippen LogP contribution >= 0.6 is 15.9 Å². The highest BCUT2D eigenvalue weighted by Crippen LogP contribution is 2.29. The largest absolute Gasteiger partial charge is 0.497 e. The molecular formula is C24H24BrF2NO3. The van der Waals surface area contributed by atoms with Gasteiger partial charge in [-0.2, -0.15) is 0 Å². The number of benzene rings is 3. The molecule has 0 radical (unpaired) electrons. The van der Waals surface area contributed by atoms with Crippen molar-refractivity contribution >= 4 is 27.4 Å². The first-order valence-electron chi connectivity index (χ1n) is 9.67. The topological polar surface area (TPSA) is 47.6 Å². The molecule has 31 heavy (non-hydrogen) atoms.